The van der Waals surface area contributed by atoms with Crippen LogP contribution in [0.15, 0.2) is 24.3 Å². The molecule has 0 aliphatic carbocycles. The summed E-state index contributed by atoms with van der Waals surface area (Å²) >= 11 is 0. The maximum Gasteiger partial charge on any atom is 0.227 e. The van der Waals surface area contributed by atoms with E-state index in [-0.39, 0.29) is 17.6 Å². The van der Waals surface area contributed by atoms with E-state index in [0.717, 1.165) is 6.42 Å². The molecule has 1 atom stereocenters. The van der Waals surface area contributed by atoms with Crippen LogP contribution in [-0.2, 0) is 4.79 Å². The van der Waals surface area contributed by atoms with Gasteiger partial charge in [0.1, 0.15) is 0 Å². The molecule has 16 heavy (non-hydrogen) atoms. The minimum Gasteiger partial charge on any atom is -0.325 e. The minimum atomic E-state index is -0.0452. The van der Waals surface area contributed by atoms with E-state index in [1.807, 2.05) is 13.8 Å². The van der Waals surface area contributed by atoms with Gasteiger partial charge >= 0.3 is 0 Å². The Morgan fingerprint density at radius 1 is 1.31 bits per heavy atom. The summed E-state index contributed by atoms with van der Waals surface area (Å²) in [6, 6.07) is 7.06. The van der Waals surface area contributed by atoms with Crippen LogP contribution in [-0.4, -0.2) is 11.7 Å². The molecule has 0 aliphatic heterocycles. The highest BCUT2D eigenvalue weighted by molar-refractivity contribution is 6.04. The van der Waals surface area contributed by atoms with Crippen molar-refractivity contribution in [2.24, 2.45) is 5.92 Å². The predicted octanol–water partition coefficient (Wildman–Crippen LogP) is 2.87. The second kappa shape index (κ2) is 5.45. The van der Waals surface area contributed by atoms with Gasteiger partial charge in [-0.1, -0.05) is 26.0 Å². The molecule has 1 unspecified atom stereocenters. The predicted molar refractivity (Wildman–Crippen MR) is 64.5 cm³/mol. The van der Waals surface area contributed by atoms with Crippen LogP contribution in [0.1, 0.15) is 37.6 Å². The van der Waals surface area contributed by atoms with Crippen molar-refractivity contribution >= 4 is 17.4 Å². The Morgan fingerprint density at radius 2 is 1.94 bits per heavy atom. The van der Waals surface area contributed by atoms with E-state index in [2.05, 4.69) is 5.32 Å². The van der Waals surface area contributed by atoms with Crippen LogP contribution in [0.3, 0.4) is 0 Å². The van der Waals surface area contributed by atoms with E-state index in [0.29, 0.717) is 11.3 Å². The van der Waals surface area contributed by atoms with Crippen LogP contribution < -0.4 is 5.32 Å². The quantitative estimate of drug-likeness (QED) is 0.791. The van der Waals surface area contributed by atoms with Crippen molar-refractivity contribution in [3.63, 3.8) is 0 Å². The average Bonchev–Trinajstić information content (AvgIpc) is 2.28. The van der Waals surface area contributed by atoms with E-state index in [1.54, 1.807) is 24.3 Å². The first-order valence-electron chi connectivity index (χ1n) is 5.47. The van der Waals surface area contributed by atoms with Crippen LogP contribution in [0.2, 0.25) is 0 Å². The molecule has 1 rings (SSSR count). The summed E-state index contributed by atoms with van der Waals surface area (Å²) < 4.78 is 0. The zero-order chi connectivity index (χ0) is 12.1. The fraction of sp³-hybridized carbons (Fsp3) is 0.385. The number of hydrogen-bond acceptors (Lipinski definition) is 2. The molecule has 0 bridgehead atoms. The van der Waals surface area contributed by atoms with Crippen LogP contribution in [0, 0.1) is 5.92 Å². The standard InChI is InChI=1S/C13H17NO2/c1-4-9(2)13(16)14-12-8-6-5-7-11(12)10(3)15/h5-9H,4H2,1-3H3,(H,14,16). The lowest BCUT2D eigenvalue weighted by atomic mass is 10.1. The number of rotatable bonds is 4. The Labute approximate surface area is 95.9 Å². The van der Waals surface area contributed by atoms with E-state index in [4.69, 9.17) is 0 Å². The smallest absolute Gasteiger partial charge is 0.227 e. The molecule has 0 heterocycles. The first-order chi connectivity index (χ1) is 7.56. The Bertz CT molecular complexity index is 399. The van der Waals surface area contributed by atoms with Gasteiger partial charge in [-0.25, -0.2) is 0 Å². The first-order valence-corrected chi connectivity index (χ1v) is 5.47. The molecule has 0 aromatic heterocycles. The Kier molecular flexibility index (Phi) is 4.23. The molecule has 0 spiro atoms. The summed E-state index contributed by atoms with van der Waals surface area (Å²) in [5, 5.41) is 2.78. The van der Waals surface area contributed by atoms with Crippen LogP contribution in [0.25, 0.3) is 0 Å². The fourth-order valence-corrected chi connectivity index (χ4v) is 1.34. The maximum absolute atomic E-state index is 11.7. The Morgan fingerprint density at radius 3 is 2.50 bits per heavy atom. The topological polar surface area (TPSA) is 46.2 Å². The first kappa shape index (κ1) is 12.4. The summed E-state index contributed by atoms with van der Waals surface area (Å²) in [4.78, 5) is 23.0. The second-order valence-electron chi connectivity index (χ2n) is 3.90. The van der Waals surface area contributed by atoms with Crippen molar-refractivity contribution in [3.05, 3.63) is 29.8 Å². The maximum atomic E-state index is 11.7. The lowest BCUT2D eigenvalue weighted by molar-refractivity contribution is -0.119. The van der Waals surface area contributed by atoms with E-state index in [9.17, 15) is 9.59 Å². The van der Waals surface area contributed by atoms with Crippen molar-refractivity contribution in [3.8, 4) is 0 Å². The van der Waals surface area contributed by atoms with Gasteiger partial charge in [0.15, 0.2) is 5.78 Å². The molecule has 1 aromatic carbocycles. The lowest BCUT2D eigenvalue weighted by Gasteiger charge is -2.12. The molecule has 0 saturated heterocycles. The molecule has 3 heteroatoms. The highest BCUT2D eigenvalue weighted by Crippen LogP contribution is 2.17. The number of anilines is 1. The normalized spacial score (nSPS) is 11.9. The molecule has 0 fully saturated rings. The zero-order valence-corrected chi connectivity index (χ0v) is 9.91. The van der Waals surface area contributed by atoms with Crippen molar-refractivity contribution in [2.45, 2.75) is 27.2 Å². The number of ketones is 1. The summed E-state index contributed by atoms with van der Waals surface area (Å²) in [5.74, 6) is -0.128. The molecular formula is C13H17NO2. The molecule has 0 radical (unpaired) electrons. The minimum absolute atomic E-state index is 0.0416. The van der Waals surface area contributed by atoms with Gasteiger partial charge in [-0.3, -0.25) is 9.59 Å². The van der Waals surface area contributed by atoms with Crippen LogP contribution >= 0.6 is 0 Å². The number of carbonyl (C=O) groups is 2. The molecule has 1 amide bonds. The number of para-hydroxylation sites is 1. The van der Waals surface area contributed by atoms with E-state index >= 15 is 0 Å². The second-order valence-corrected chi connectivity index (χ2v) is 3.90. The van der Waals surface area contributed by atoms with E-state index < -0.39 is 0 Å². The van der Waals surface area contributed by atoms with Gasteiger partial charge < -0.3 is 5.32 Å². The number of Topliss-reactive ketones (excluding diaryl/α,β-unsaturated/α-hetero) is 1. The third-order valence-electron chi connectivity index (χ3n) is 2.62. The number of amides is 1. The molecule has 0 aliphatic rings. The van der Waals surface area contributed by atoms with Gasteiger partial charge in [0, 0.05) is 11.5 Å². The summed E-state index contributed by atoms with van der Waals surface area (Å²) in [7, 11) is 0. The molecule has 1 N–H and O–H groups in total. The number of nitrogens with one attached hydrogen (secondary N) is 1. The average molecular weight is 219 g/mol. The van der Waals surface area contributed by atoms with Crippen molar-refractivity contribution in [2.75, 3.05) is 5.32 Å². The SMILES string of the molecule is CCC(C)C(=O)Nc1ccccc1C(C)=O. The largest absolute Gasteiger partial charge is 0.325 e. The third kappa shape index (κ3) is 2.92. The lowest BCUT2D eigenvalue weighted by Crippen LogP contribution is -2.20. The van der Waals surface area contributed by atoms with Gasteiger partial charge in [0.25, 0.3) is 0 Å². The van der Waals surface area contributed by atoms with Gasteiger partial charge in [-0.15, -0.1) is 0 Å². The Balaban J connectivity index is 2.89. The molecule has 1 aromatic rings. The number of benzene rings is 1. The van der Waals surface area contributed by atoms with Gasteiger partial charge in [-0.05, 0) is 25.5 Å². The zero-order valence-electron chi connectivity index (χ0n) is 9.91. The fourth-order valence-electron chi connectivity index (χ4n) is 1.34. The summed E-state index contributed by atoms with van der Waals surface area (Å²) in [6.07, 6.45) is 0.786. The van der Waals surface area contributed by atoms with Crippen LogP contribution in [0.4, 0.5) is 5.69 Å². The molecular weight excluding hydrogens is 202 g/mol. The highest BCUT2D eigenvalue weighted by atomic mass is 16.2. The third-order valence-corrected chi connectivity index (χ3v) is 2.62. The monoisotopic (exact) mass is 219 g/mol. The van der Waals surface area contributed by atoms with Crippen molar-refractivity contribution in [1.29, 1.82) is 0 Å². The molecule has 0 saturated carbocycles. The number of carbonyl (C=O) groups excluding carboxylic acids is 2. The summed E-state index contributed by atoms with van der Waals surface area (Å²) in [5.41, 5.74) is 1.15. The number of hydrogen-bond donors (Lipinski definition) is 1. The van der Waals surface area contributed by atoms with Gasteiger partial charge in [0.2, 0.25) is 5.91 Å². The van der Waals surface area contributed by atoms with Gasteiger partial charge in [0.05, 0.1) is 5.69 Å². The molecule has 86 valence electrons. The van der Waals surface area contributed by atoms with Crippen molar-refractivity contribution in [1.82, 2.24) is 0 Å². The molecule has 3 nitrogen and oxygen atoms in total. The van der Waals surface area contributed by atoms with Crippen LogP contribution in [0.5, 0.6) is 0 Å². The van der Waals surface area contributed by atoms with E-state index in [1.165, 1.54) is 6.92 Å². The Hall–Kier alpha value is -1.64. The van der Waals surface area contributed by atoms with Gasteiger partial charge in [-0.2, -0.15) is 0 Å². The highest BCUT2D eigenvalue weighted by Gasteiger charge is 2.13. The van der Waals surface area contributed by atoms with Crippen molar-refractivity contribution < 1.29 is 9.59 Å². The summed E-state index contributed by atoms with van der Waals surface area (Å²) in [6.45, 7) is 5.32.